The summed E-state index contributed by atoms with van der Waals surface area (Å²) in [7, 11) is 1.61. The predicted octanol–water partition coefficient (Wildman–Crippen LogP) is 2.46. The fourth-order valence-corrected chi connectivity index (χ4v) is 1.46. The lowest BCUT2D eigenvalue weighted by atomic mass is 10.3. The van der Waals surface area contributed by atoms with Crippen LogP contribution in [0.5, 0.6) is 5.75 Å². The fourth-order valence-electron chi connectivity index (χ4n) is 0.827. The molecule has 0 bridgehead atoms. The molecule has 1 aromatic rings. The third-order valence-corrected chi connectivity index (χ3v) is 2.28. The van der Waals surface area contributed by atoms with Crippen LogP contribution in [0.15, 0.2) is 18.2 Å². The normalized spacial score (nSPS) is 10.1. The number of methoxy groups -OCH3 is 1. The first-order valence-electron chi connectivity index (χ1n) is 3.81. The first-order valence-corrected chi connectivity index (χ1v) is 4.88. The summed E-state index contributed by atoms with van der Waals surface area (Å²) >= 11 is 2.03. The molecular formula is C9H10FIO2. The Kier molecular flexibility index (Phi) is 4.44. The molecule has 0 aliphatic rings. The molecule has 0 aliphatic heterocycles. The van der Waals surface area contributed by atoms with Crippen molar-refractivity contribution in [2.75, 3.05) is 20.3 Å². The maximum Gasteiger partial charge on any atom is 0.132 e. The quantitative estimate of drug-likeness (QED) is 0.627. The molecule has 0 unspecified atom stereocenters. The Labute approximate surface area is 90.2 Å². The molecule has 0 radical (unpaired) electrons. The van der Waals surface area contributed by atoms with Crippen LogP contribution in [0.25, 0.3) is 0 Å². The highest BCUT2D eigenvalue weighted by Gasteiger charge is 2.01. The monoisotopic (exact) mass is 296 g/mol. The van der Waals surface area contributed by atoms with Crippen LogP contribution < -0.4 is 4.74 Å². The Hall–Kier alpha value is -0.360. The third kappa shape index (κ3) is 3.48. The maximum absolute atomic E-state index is 12.7. The molecule has 2 nitrogen and oxygen atoms in total. The van der Waals surface area contributed by atoms with Gasteiger partial charge in [0.05, 0.1) is 10.2 Å². The molecule has 0 spiro atoms. The van der Waals surface area contributed by atoms with Gasteiger partial charge in [0.15, 0.2) is 0 Å². The van der Waals surface area contributed by atoms with Crippen molar-refractivity contribution in [1.82, 2.24) is 0 Å². The topological polar surface area (TPSA) is 18.5 Å². The lowest BCUT2D eigenvalue weighted by Gasteiger charge is -2.06. The average Bonchev–Trinajstić information content (AvgIpc) is 2.09. The Balaban J connectivity index is 2.56. The summed E-state index contributed by atoms with van der Waals surface area (Å²) in [5, 5.41) is 0. The molecule has 0 amide bonds. The van der Waals surface area contributed by atoms with Crippen LogP contribution in [0.4, 0.5) is 4.39 Å². The van der Waals surface area contributed by atoms with Crippen LogP contribution in [-0.2, 0) is 4.74 Å². The first kappa shape index (κ1) is 10.7. The van der Waals surface area contributed by atoms with E-state index in [0.717, 1.165) is 3.57 Å². The van der Waals surface area contributed by atoms with Gasteiger partial charge in [-0.2, -0.15) is 0 Å². The molecule has 0 N–H and O–H groups in total. The van der Waals surface area contributed by atoms with E-state index >= 15 is 0 Å². The summed E-state index contributed by atoms with van der Waals surface area (Å²) in [6, 6.07) is 4.43. The van der Waals surface area contributed by atoms with Gasteiger partial charge in [-0.15, -0.1) is 0 Å². The zero-order valence-electron chi connectivity index (χ0n) is 7.22. The number of hydrogen-bond donors (Lipinski definition) is 0. The minimum absolute atomic E-state index is 0.247. The minimum Gasteiger partial charge on any atom is -0.490 e. The largest absolute Gasteiger partial charge is 0.490 e. The van der Waals surface area contributed by atoms with Gasteiger partial charge in [0.2, 0.25) is 0 Å². The molecule has 0 heterocycles. The van der Waals surface area contributed by atoms with Crippen molar-refractivity contribution >= 4 is 22.6 Å². The number of ether oxygens (including phenoxy) is 2. The van der Waals surface area contributed by atoms with Gasteiger partial charge >= 0.3 is 0 Å². The number of halogens is 2. The molecule has 1 rings (SSSR count). The smallest absolute Gasteiger partial charge is 0.132 e. The Bertz CT molecular complexity index is 278. The molecule has 0 saturated heterocycles. The highest BCUT2D eigenvalue weighted by atomic mass is 127. The third-order valence-electron chi connectivity index (χ3n) is 1.44. The minimum atomic E-state index is -0.247. The summed E-state index contributed by atoms with van der Waals surface area (Å²) < 4.78 is 23.6. The Morgan fingerprint density at radius 1 is 1.38 bits per heavy atom. The Morgan fingerprint density at radius 2 is 2.15 bits per heavy atom. The van der Waals surface area contributed by atoms with Gasteiger partial charge in [0.1, 0.15) is 18.2 Å². The second kappa shape index (κ2) is 5.39. The van der Waals surface area contributed by atoms with Crippen LogP contribution in [0.2, 0.25) is 0 Å². The van der Waals surface area contributed by atoms with E-state index in [1.807, 2.05) is 22.6 Å². The van der Waals surface area contributed by atoms with Gasteiger partial charge in [0.25, 0.3) is 0 Å². The highest BCUT2D eigenvalue weighted by molar-refractivity contribution is 14.1. The second-order valence-corrected chi connectivity index (χ2v) is 3.58. The van der Waals surface area contributed by atoms with Crippen molar-refractivity contribution < 1.29 is 13.9 Å². The van der Waals surface area contributed by atoms with Crippen molar-refractivity contribution in [2.24, 2.45) is 0 Å². The van der Waals surface area contributed by atoms with E-state index in [0.29, 0.717) is 19.0 Å². The molecule has 1 aromatic carbocycles. The first-order chi connectivity index (χ1) is 6.24. The predicted molar refractivity (Wildman–Crippen MR) is 56.5 cm³/mol. The SMILES string of the molecule is COCCOc1ccc(F)cc1I. The van der Waals surface area contributed by atoms with Gasteiger partial charge in [-0.05, 0) is 40.8 Å². The lowest BCUT2D eigenvalue weighted by Crippen LogP contribution is -2.05. The van der Waals surface area contributed by atoms with E-state index in [4.69, 9.17) is 9.47 Å². The van der Waals surface area contributed by atoms with Crippen molar-refractivity contribution in [3.05, 3.63) is 27.6 Å². The van der Waals surface area contributed by atoms with E-state index in [2.05, 4.69) is 0 Å². The van der Waals surface area contributed by atoms with Crippen LogP contribution in [0.3, 0.4) is 0 Å². The van der Waals surface area contributed by atoms with E-state index < -0.39 is 0 Å². The molecule has 0 aliphatic carbocycles. The molecule has 0 fully saturated rings. The number of hydrogen-bond acceptors (Lipinski definition) is 2. The summed E-state index contributed by atoms with van der Waals surface area (Å²) in [6.07, 6.45) is 0. The van der Waals surface area contributed by atoms with Crippen LogP contribution in [0.1, 0.15) is 0 Å². The van der Waals surface area contributed by atoms with E-state index in [1.54, 1.807) is 13.2 Å². The molecule has 0 aromatic heterocycles. The molecule has 72 valence electrons. The zero-order chi connectivity index (χ0) is 9.68. The van der Waals surface area contributed by atoms with Gasteiger partial charge in [-0.25, -0.2) is 4.39 Å². The van der Waals surface area contributed by atoms with E-state index in [9.17, 15) is 4.39 Å². The summed E-state index contributed by atoms with van der Waals surface area (Å²) in [5.74, 6) is 0.447. The number of benzene rings is 1. The maximum atomic E-state index is 12.7. The van der Waals surface area contributed by atoms with Crippen LogP contribution >= 0.6 is 22.6 Å². The summed E-state index contributed by atoms with van der Waals surface area (Å²) in [4.78, 5) is 0. The van der Waals surface area contributed by atoms with Crippen molar-refractivity contribution in [2.45, 2.75) is 0 Å². The summed E-state index contributed by atoms with van der Waals surface area (Å²) in [6.45, 7) is 1.02. The standard InChI is InChI=1S/C9H10FIO2/c1-12-4-5-13-9-3-2-7(10)6-8(9)11/h2-3,6H,4-5H2,1H3. The van der Waals surface area contributed by atoms with E-state index in [1.165, 1.54) is 12.1 Å². The van der Waals surface area contributed by atoms with Crippen LogP contribution in [-0.4, -0.2) is 20.3 Å². The molecular weight excluding hydrogens is 286 g/mol. The fraction of sp³-hybridized carbons (Fsp3) is 0.333. The van der Waals surface area contributed by atoms with Gasteiger partial charge in [-0.3, -0.25) is 0 Å². The van der Waals surface area contributed by atoms with E-state index in [-0.39, 0.29) is 5.82 Å². The molecule has 4 heteroatoms. The van der Waals surface area contributed by atoms with Crippen molar-refractivity contribution in [3.63, 3.8) is 0 Å². The average molecular weight is 296 g/mol. The lowest BCUT2D eigenvalue weighted by molar-refractivity contribution is 0.146. The van der Waals surface area contributed by atoms with Gasteiger partial charge in [0, 0.05) is 7.11 Å². The van der Waals surface area contributed by atoms with Gasteiger partial charge in [-0.1, -0.05) is 0 Å². The second-order valence-electron chi connectivity index (χ2n) is 2.42. The van der Waals surface area contributed by atoms with Crippen molar-refractivity contribution in [3.8, 4) is 5.75 Å². The molecule has 13 heavy (non-hydrogen) atoms. The molecule has 0 atom stereocenters. The van der Waals surface area contributed by atoms with Gasteiger partial charge < -0.3 is 9.47 Å². The molecule has 0 saturated carbocycles. The van der Waals surface area contributed by atoms with Crippen LogP contribution in [0, 0.1) is 9.39 Å². The Morgan fingerprint density at radius 3 is 2.77 bits per heavy atom. The highest BCUT2D eigenvalue weighted by Crippen LogP contribution is 2.21. The summed E-state index contributed by atoms with van der Waals surface area (Å²) in [5.41, 5.74) is 0. The van der Waals surface area contributed by atoms with Crippen molar-refractivity contribution in [1.29, 1.82) is 0 Å². The zero-order valence-corrected chi connectivity index (χ0v) is 9.38. The number of rotatable bonds is 4.